The second kappa shape index (κ2) is 9.18. The summed E-state index contributed by atoms with van der Waals surface area (Å²) in [5.74, 6) is 1.87. The van der Waals surface area contributed by atoms with E-state index in [1.807, 2.05) is 25.1 Å². The molecule has 0 aliphatic heterocycles. The maximum Gasteiger partial charge on any atom is 0.240 e. The zero-order valence-corrected chi connectivity index (χ0v) is 14.0. The largest absolute Gasteiger partial charge is 0.493 e. The summed E-state index contributed by atoms with van der Waals surface area (Å²) in [6.45, 7) is 2.51. The van der Waals surface area contributed by atoms with E-state index in [0.29, 0.717) is 30.4 Å². The number of amides is 1. The molecule has 1 fully saturated rings. The summed E-state index contributed by atoms with van der Waals surface area (Å²) in [7, 11) is 1.60. The normalized spacial score (nSPS) is 15.6. The van der Waals surface area contributed by atoms with Gasteiger partial charge in [-0.15, -0.1) is 0 Å². The van der Waals surface area contributed by atoms with E-state index in [2.05, 4.69) is 10.5 Å². The molecule has 1 aromatic rings. The number of ether oxygens (including phenoxy) is 2. The van der Waals surface area contributed by atoms with Gasteiger partial charge in [0.2, 0.25) is 5.91 Å². The summed E-state index contributed by atoms with van der Waals surface area (Å²) in [6.07, 6.45) is 8.30. The summed E-state index contributed by atoms with van der Waals surface area (Å²) in [5.41, 5.74) is 3.46. The lowest BCUT2D eigenvalue weighted by Gasteiger charge is -2.20. The molecule has 1 aliphatic carbocycles. The fraction of sp³-hybridized carbons (Fsp3) is 0.556. The first-order valence-electron chi connectivity index (χ1n) is 8.35. The second-order valence-electron chi connectivity index (χ2n) is 5.84. The molecule has 1 aliphatic rings. The number of rotatable bonds is 7. The Morgan fingerprint density at radius 2 is 2.09 bits per heavy atom. The van der Waals surface area contributed by atoms with Crippen LogP contribution >= 0.6 is 0 Å². The van der Waals surface area contributed by atoms with Crippen molar-refractivity contribution in [2.75, 3.05) is 13.7 Å². The molecule has 0 saturated heterocycles. The molecule has 5 heteroatoms. The van der Waals surface area contributed by atoms with Crippen molar-refractivity contribution in [1.82, 2.24) is 5.43 Å². The molecule has 1 aromatic carbocycles. The molecule has 5 nitrogen and oxygen atoms in total. The SMILES string of the molecule is CCOc1ccc(/C=N/NC(=O)CC2CCCCC2)cc1OC. The molecular formula is C18H26N2O3. The van der Waals surface area contributed by atoms with Gasteiger partial charge in [-0.1, -0.05) is 19.3 Å². The van der Waals surface area contributed by atoms with Crippen LogP contribution in [0.2, 0.25) is 0 Å². The number of hydrazone groups is 1. The maximum atomic E-state index is 11.9. The zero-order chi connectivity index (χ0) is 16.5. The van der Waals surface area contributed by atoms with Crippen molar-refractivity contribution in [3.05, 3.63) is 23.8 Å². The fourth-order valence-electron chi connectivity index (χ4n) is 2.92. The van der Waals surface area contributed by atoms with Crippen molar-refractivity contribution in [3.63, 3.8) is 0 Å². The van der Waals surface area contributed by atoms with E-state index in [-0.39, 0.29) is 5.91 Å². The van der Waals surface area contributed by atoms with Gasteiger partial charge in [0.1, 0.15) is 0 Å². The molecule has 0 bridgehead atoms. The number of benzene rings is 1. The lowest BCUT2D eigenvalue weighted by Crippen LogP contribution is -2.22. The molecule has 0 atom stereocenters. The van der Waals surface area contributed by atoms with E-state index >= 15 is 0 Å². The van der Waals surface area contributed by atoms with Crippen LogP contribution in [0, 0.1) is 5.92 Å². The number of nitrogens with one attached hydrogen (secondary N) is 1. The van der Waals surface area contributed by atoms with E-state index < -0.39 is 0 Å². The first-order valence-corrected chi connectivity index (χ1v) is 8.35. The van der Waals surface area contributed by atoms with Gasteiger partial charge < -0.3 is 9.47 Å². The minimum atomic E-state index is -0.00829. The first-order chi connectivity index (χ1) is 11.2. The molecule has 1 saturated carbocycles. The molecule has 1 N–H and O–H groups in total. The lowest BCUT2D eigenvalue weighted by molar-refractivity contribution is -0.122. The minimum Gasteiger partial charge on any atom is -0.493 e. The van der Waals surface area contributed by atoms with Gasteiger partial charge >= 0.3 is 0 Å². The van der Waals surface area contributed by atoms with Gasteiger partial charge in [-0.05, 0) is 49.4 Å². The van der Waals surface area contributed by atoms with Crippen molar-refractivity contribution in [3.8, 4) is 11.5 Å². The van der Waals surface area contributed by atoms with Gasteiger partial charge in [0, 0.05) is 6.42 Å². The van der Waals surface area contributed by atoms with Gasteiger partial charge in [0.15, 0.2) is 11.5 Å². The number of methoxy groups -OCH3 is 1. The van der Waals surface area contributed by atoms with Crippen molar-refractivity contribution in [2.24, 2.45) is 11.0 Å². The van der Waals surface area contributed by atoms with Gasteiger partial charge in [0.05, 0.1) is 19.9 Å². The number of nitrogens with zero attached hydrogens (tertiary/aromatic N) is 1. The summed E-state index contributed by atoms with van der Waals surface area (Å²) in [6, 6.07) is 5.56. The molecule has 0 heterocycles. The predicted octanol–water partition coefficient (Wildman–Crippen LogP) is 3.51. The van der Waals surface area contributed by atoms with E-state index in [0.717, 1.165) is 18.4 Å². The van der Waals surface area contributed by atoms with Crippen molar-refractivity contribution in [1.29, 1.82) is 0 Å². The lowest BCUT2D eigenvalue weighted by atomic mass is 9.87. The Morgan fingerprint density at radius 3 is 2.78 bits per heavy atom. The van der Waals surface area contributed by atoms with Crippen LogP contribution in [0.15, 0.2) is 23.3 Å². The summed E-state index contributed by atoms with van der Waals surface area (Å²) in [5, 5.41) is 4.04. The summed E-state index contributed by atoms with van der Waals surface area (Å²) in [4.78, 5) is 11.9. The Bertz CT molecular complexity index is 537. The highest BCUT2D eigenvalue weighted by Gasteiger charge is 2.16. The average Bonchev–Trinajstić information content (AvgIpc) is 2.57. The standard InChI is InChI=1S/C18H26N2O3/c1-3-23-16-10-9-15(11-17(16)22-2)13-19-20-18(21)12-14-7-5-4-6-8-14/h9-11,13-14H,3-8,12H2,1-2H3,(H,20,21)/b19-13+. The van der Waals surface area contributed by atoms with Crippen LogP contribution < -0.4 is 14.9 Å². The Kier molecular flexibility index (Phi) is 6.91. The number of carbonyl (C=O) groups is 1. The smallest absolute Gasteiger partial charge is 0.240 e. The fourth-order valence-corrected chi connectivity index (χ4v) is 2.92. The molecule has 2 rings (SSSR count). The van der Waals surface area contributed by atoms with E-state index in [1.165, 1.54) is 19.3 Å². The van der Waals surface area contributed by atoms with Gasteiger partial charge in [-0.25, -0.2) is 5.43 Å². The highest BCUT2D eigenvalue weighted by molar-refractivity contribution is 5.83. The summed E-state index contributed by atoms with van der Waals surface area (Å²) < 4.78 is 10.8. The Morgan fingerprint density at radius 1 is 1.30 bits per heavy atom. The predicted molar refractivity (Wildman–Crippen MR) is 91.1 cm³/mol. The molecule has 0 aromatic heterocycles. The van der Waals surface area contributed by atoms with Gasteiger partial charge in [0.25, 0.3) is 0 Å². The third-order valence-electron chi connectivity index (χ3n) is 4.09. The van der Waals surface area contributed by atoms with E-state index in [4.69, 9.17) is 9.47 Å². The molecule has 0 radical (unpaired) electrons. The third-order valence-corrected chi connectivity index (χ3v) is 4.09. The first kappa shape index (κ1) is 17.3. The monoisotopic (exact) mass is 318 g/mol. The number of hydrogen-bond donors (Lipinski definition) is 1. The molecule has 0 spiro atoms. The van der Waals surface area contributed by atoms with Crippen LogP contribution in [0.1, 0.15) is 51.0 Å². The maximum absolute atomic E-state index is 11.9. The third kappa shape index (κ3) is 5.58. The summed E-state index contributed by atoms with van der Waals surface area (Å²) >= 11 is 0. The van der Waals surface area contributed by atoms with Crippen LogP contribution in [-0.4, -0.2) is 25.8 Å². The number of carbonyl (C=O) groups excluding carboxylic acids is 1. The van der Waals surface area contributed by atoms with E-state index in [9.17, 15) is 4.79 Å². The Hall–Kier alpha value is -2.04. The molecule has 0 unspecified atom stereocenters. The Balaban J connectivity index is 1.85. The van der Waals surface area contributed by atoms with Crippen LogP contribution in [0.25, 0.3) is 0 Å². The highest BCUT2D eigenvalue weighted by Crippen LogP contribution is 2.27. The van der Waals surface area contributed by atoms with Crippen molar-refractivity contribution >= 4 is 12.1 Å². The second-order valence-corrected chi connectivity index (χ2v) is 5.84. The van der Waals surface area contributed by atoms with Gasteiger partial charge in [-0.2, -0.15) is 5.10 Å². The van der Waals surface area contributed by atoms with Crippen LogP contribution in [0.3, 0.4) is 0 Å². The Labute approximate surface area is 138 Å². The topological polar surface area (TPSA) is 59.9 Å². The zero-order valence-electron chi connectivity index (χ0n) is 14.0. The minimum absolute atomic E-state index is 0.00829. The van der Waals surface area contributed by atoms with Crippen LogP contribution in [-0.2, 0) is 4.79 Å². The molecule has 126 valence electrons. The van der Waals surface area contributed by atoms with Crippen LogP contribution in [0.4, 0.5) is 0 Å². The molecule has 23 heavy (non-hydrogen) atoms. The molecular weight excluding hydrogens is 292 g/mol. The molecule has 1 amide bonds. The van der Waals surface area contributed by atoms with Crippen molar-refractivity contribution in [2.45, 2.75) is 45.4 Å². The van der Waals surface area contributed by atoms with Gasteiger partial charge in [-0.3, -0.25) is 4.79 Å². The quantitative estimate of drug-likeness (QED) is 0.618. The van der Waals surface area contributed by atoms with Crippen LogP contribution in [0.5, 0.6) is 11.5 Å². The van der Waals surface area contributed by atoms with Crippen molar-refractivity contribution < 1.29 is 14.3 Å². The highest BCUT2D eigenvalue weighted by atomic mass is 16.5. The number of hydrogen-bond acceptors (Lipinski definition) is 4. The average molecular weight is 318 g/mol. The van der Waals surface area contributed by atoms with E-state index in [1.54, 1.807) is 13.3 Å².